The van der Waals surface area contributed by atoms with Crippen LogP contribution in [0.1, 0.15) is 0 Å². The van der Waals surface area contributed by atoms with E-state index in [-0.39, 0.29) is 0 Å². The van der Waals surface area contributed by atoms with E-state index < -0.39 is 6.23 Å². The van der Waals surface area contributed by atoms with E-state index in [1.165, 1.54) is 6.33 Å². The van der Waals surface area contributed by atoms with Crippen molar-refractivity contribution in [1.82, 2.24) is 15.2 Å². The Balaban J connectivity index is 2.34. The Morgan fingerprint density at radius 3 is 3.36 bits per heavy atom. The molecular weight excluding hydrogens is 146 g/mol. The first-order chi connectivity index (χ1) is 5.36. The highest BCUT2D eigenvalue weighted by atomic mass is 16.3. The summed E-state index contributed by atoms with van der Waals surface area (Å²) in [5, 5.41) is 22.0. The summed E-state index contributed by atoms with van der Waals surface area (Å²) in [6.07, 6.45) is 0.742. The molecule has 6 nitrogen and oxygen atoms in total. The third-order valence-electron chi connectivity index (χ3n) is 1.39. The van der Waals surface area contributed by atoms with Crippen molar-refractivity contribution >= 4 is 11.6 Å². The largest absolute Gasteiger partial charge is 0.372 e. The fourth-order valence-electron chi connectivity index (χ4n) is 0.904. The highest BCUT2D eigenvalue weighted by Gasteiger charge is 2.15. The van der Waals surface area contributed by atoms with Crippen molar-refractivity contribution in [1.29, 1.82) is 0 Å². The molecule has 1 aromatic heterocycles. The average molecular weight is 153 g/mol. The quantitative estimate of drug-likeness (QED) is 0.444. The molecule has 0 spiro atoms. The van der Waals surface area contributed by atoms with Crippen LogP contribution in [0.25, 0.3) is 0 Å². The topological polar surface area (TPSA) is 83.0 Å². The molecule has 0 saturated carbocycles. The number of aliphatic hydroxyl groups excluding tert-OH is 1. The van der Waals surface area contributed by atoms with Crippen molar-refractivity contribution in [2.75, 3.05) is 17.2 Å². The molecule has 1 atom stereocenters. The lowest BCUT2D eigenvalue weighted by atomic mass is 10.4. The Kier molecular flexibility index (Phi) is 1.32. The van der Waals surface area contributed by atoms with Gasteiger partial charge in [0.25, 0.3) is 0 Å². The van der Waals surface area contributed by atoms with E-state index in [0.29, 0.717) is 18.2 Å². The zero-order chi connectivity index (χ0) is 7.68. The number of nitrogens with one attached hydrogen (secondary N) is 2. The van der Waals surface area contributed by atoms with E-state index >= 15 is 0 Å². The highest BCUT2D eigenvalue weighted by Crippen LogP contribution is 2.17. The van der Waals surface area contributed by atoms with Gasteiger partial charge in [-0.25, -0.2) is 4.98 Å². The van der Waals surface area contributed by atoms with Crippen LogP contribution in [-0.2, 0) is 0 Å². The van der Waals surface area contributed by atoms with Gasteiger partial charge in [-0.1, -0.05) is 0 Å². The third kappa shape index (κ3) is 1.07. The minimum atomic E-state index is -0.610. The molecule has 1 aliphatic rings. The molecule has 0 fully saturated rings. The molecule has 0 amide bonds. The maximum absolute atomic E-state index is 9.09. The smallest absolute Gasteiger partial charge is 0.193 e. The molecule has 11 heavy (non-hydrogen) atoms. The van der Waals surface area contributed by atoms with Crippen molar-refractivity contribution in [3.63, 3.8) is 0 Å². The number of anilines is 2. The molecule has 58 valence electrons. The van der Waals surface area contributed by atoms with Crippen LogP contribution in [0.15, 0.2) is 6.33 Å². The van der Waals surface area contributed by atoms with E-state index in [4.69, 9.17) is 5.11 Å². The first kappa shape index (κ1) is 6.29. The molecule has 0 saturated heterocycles. The van der Waals surface area contributed by atoms with Gasteiger partial charge in [0, 0.05) is 0 Å². The van der Waals surface area contributed by atoms with Gasteiger partial charge in [-0.05, 0) is 0 Å². The predicted molar refractivity (Wildman–Crippen MR) is 37.9 cm³/mol. The molecule has 0 aromatic carbocycles. The average Bonchev–Trinajstić information content (AvgIpc) is 2.04. The second-order valence-corrected chi connectivity index (χ2v) is 2.20. The Bertz CT molecular complexity index is 265. The fraction of sp³-hybridized carbons (Fsp3) is 0.400. The first-order valence-corrected chi connectivity index (χ1v) is 3.22. The van der Waals surface area contributed by atoms with Crippen molar-refractivity contribution < 1.29 is 5.11 Å². The SMILES string of the molecule is OC1CNc2ncnnc2N1. The summed E-state index contributed by atoms with van der Waals surface area (Å²) in [4.78, 5) is 3.90. The minimum Gasteiger partial charge on any atom is -0.372 e. The van der Waals surface area contributed by atoms with E-state index in [2.05, 4.69) is 25.8 Å². The van der Waals surface area contributed by atoms with E-state index in [0.717, 1.165) is 0 Å². The van der Waals surface area contributed by atoms with E-state index in [1.54, 1.807) is 0 Å². The van der Waals surface area contributed by atoms with Gasteiger partial charge in [0.1, 0.15) is 12.6 Å². The Morgan fingerprint density at radius 1 is 1.55 bits per heavy atom. The molecule has 3 N–H and O–H groups in total. The number of hydrogen-bond acceptors (Lipinski definition) is 6. The normalized spacial score (nSPS) is 21.4. The van der Waals surface area contributed by atoms with Crippen LogP contribution in [0, 0.1) is 0 Å². The molecule has 2 heterocycles. The van der Waals surface area contributed by atoms with Gasteiger partial charge < -0.3 is 15.7 Å². The molecule has 0 aliphatic carbocycles. The molecule has 1 unspecified atom stereocenters. The summed E-state index contributed by atoms with van der Waals surface area (Å²) in [6.45, 7) is 0.436. The first-order valence-electron chi connectivity index (χ1n) is 3.22. The monoisotopic (exact) mass is 153 g/mol. The molecule has 1 aromatic rings. The lowest BCUT2D eigenvalue weighted by Crippen LogP contribution is -2.33. The lowest BCUT2D eigenvalue weighted by molar-refractivity contribution is 0.213. The molecular formula is C5H7N5O. The lowest BCUT2D eigenvalue weighted by Gasteiger charge is -2.21. The number of rotatable bonds is 0. The van der Waals surface area contributed by atoms with Crippen LogP contribution in [0.5, 0.6) is 0 Å². The molecule has 0 bridgehead atoms. The van der Waals surface area contributed by atoms with Crippen LogP contribution in [0.4, 0.5) is 11.6 Å². The summed E-state index contributed by atoms with van der Waals surface area (Å²) in [5.74, 6) is 1.12. The Hall–Kier alpha value is -1.43. The van der Waals surface area contributed by atoms with Crippen LogP contribution in [-0.4, -0.2) is 33.1 Å². The molecule has 1 aliphatic heterocycles. The third-order valence-corrected chi connectivity index (χ3v) is 1.39. The van der Waals surface area contributed by atoms with Crippen LogP contribution < -0.4 is 10.6 Å². The number of aliphatic hydroxyl groups is 1. The van der Waals surface area contributed by atoms with Crippen molar-refractivity contribution in [2.24, 2.45) is 0 Å². The van der Waals surface area contributed by atoms with Crippen LogP contribution in [0.2, 0.25) is 0 Å². The standard InChI is InChI=1S/C5H7N5O/c11-3-1-6-4-5(9-3)10-8-2-7-4/h2-3,11H,1H2,(H,9,10)(H,6,7,8). The van der Waals surface area contributed by atoms with Crippen LogP contribution in [0.3, 0.4) is 0 Å². The summed E-state index contributed by atoms with van der Waals surface area (Å²) in [6, 6.07) is 0. The van der Waals surface area contributed by atoms with Gasteiger partial charge in [0.2, 0.25) is 0 Å². The number of β-amino-alcohol motifs (C(OH)–C–C–N with tert-alkyl or cyclic N) is 1. The van der Waals surface area contributed by atoms with E-state index in [1.807, 2.05) is 0 Å². The Morgan fingerprint density at radius 2 is 2.45 bits per heavy atom. The van der Waals surface area contributed by atoms with Gasteiger partial charge in [-0.15, -0.1) is 10.2 Å². The van der Waals surface area contributed by atoms with Crippen molar-refractivity contribution in [3.05, 3.63) is 6.33 Å². The fourth-order valence-corrected chi connectivity index (χ4v) is 0.904. The zero-order valence-corrected chi connectivity index (χ0v) is 5.65. The zero-order valence-electron chi connectivity index (χ0n) is 5.65. The number of hydrogen-bond donors (Lipinski definition) is 3. The summed E-state index contributed by atoms with van der Waals surface area (Å²) >= 11 is 0. The maximum atomic E-state index is 9.09. The number of fused-ring (bicyclic) bond motifs is 1. The summed E-state index contributed by atoms with van der Waals surface area (Å²) in [5.41, 5.74) is 0. The number of aromatic nitrogens is 3. The van der Waals surface area contributed by atoms with Gasteiger partial charge >= 0.3 is 0 Å². The predicted octanol–water partition coefficient (Wildman–Crippen LogP) is -0.973. The highest BCUT2D eigenvalue weighted by molar-refractivity contribution is 5.60. The maximum Gasteiger partial charge on any atom is 0.193 e. The summed E-state index contributed by atoms with van der Waals surface area (Å²) < 4.78 is 0. The van der Waals surface area contributed by atoms with Gasteiger partial charge in [-0.2, -0.15) is 0 Å². The second-order valence-electron chi connectivity index (χ2n) is 2.20. The van der Waals surface area contributed by atoms with E-state index in [9.17, 15) is 0 Å². The van der Waals surface area contributed by atoms with Gasteiger partial charge in [0.15, 0.2) is 11.6 Å². The molecule has 6 heteroatoms. The molecule has 2 rings (SSSR count). The van der Waals surface area contributed by atoms with Crippen molar-refractivity contribution in [2.45, 2.75) is 6.23 Å². The second kappa shape index (κ2) is 2.31. The van der Waals surface area contributed by atoms with Gasteiger partial charge in [0.05, 0.1) is 6.54 Å². The van der Waals surface area contributed by atoms with Crippen molar-refractivity contribution in [3.8, 4) is 0 Å². The van der Waals surface area contributed by atoms with Crippen LogP contribution >= 0.6 is 0 Å². The van der Waals surface area contributed by atoms with Gasteiger partial charge in [-0.3, -0.25) is 0 Å². The number of nitrogens with zero attached hydrogens (tertiary/aromatic N) is 3. The minimum absolute atomic E-state index is 0.436. The Labute approximate surface area is 62.7 Å². The summed E-state index contributed by atoms with van der Waals surface area (Å²) in [7, 11) is 0. The molecule has 0 radical (unpaired) electrons.